The highest BCUT2D eigenvalue weighted by Gasteiger charge is 2.20. The topological polar surface area (TPSA) is 134 Å². The highest BCUT2D eigenvalue weighted by atomic mass is 16.6. The first-order valence-corrected chi connectivity index (χ1v) is 9.74. The first kappa shape index (κ1) is 21.0. The van der Waals surface area contributed by atoms with Crippen molar-refractivity contribution < 1.29 is 14.3 Å². The molecule has 4 N–H and O–H groups in total. The lowest BCUT2D eigenvalue weighted by atomic mass is 10.0. The van der Waals surface area contributed by atoms with E-state index in [-0.39, 0.29) is 6.42 Å². The van der Waals surface area contributed by atoms with E-state index < -0.39 is 18.1 Å². The molecule has 0 aliphatic carbocycles. The molecule has 8 nitrogen and oxygen atoms in total. The van der Waals surface area contributed by atoms with Crippen molar-refractivity contribution in [3.8, 4) is 6.07 Å². The van der Waals surface area contributed by atoms with Crippen LogP contribution in [0.1, 0.15) is 36.7 Å². The molecule has 0 aliphatic rings. The number of aromatic nitrogens is 2. The zero-order valence-corrected chi connectivity index (χ0v) is 16.6. The Bertz CT molecular complexity index is 1100. The molecule has 0 fully saturated rings. The van der Waals surface area contributed by atoms with Gasteiger partial charge in [0, 0.05) is 12.1 Å². The largest absolute Gasteiger partial charge is 0.419 e. The molecular formula is C22H23N5O3. The van der Waals surface area contributed by atoms with Crippen LogP contribution in [0.15, 0.2) is 42.5 Å². The third-order valence-electron chi connectivity index (χ3n) is 4.55. The summed E-state index contributed by atoms with van der Waals surface area (Å²) in [5.41, 5.74) is 9.10. The predicted octanol–water partition coefficient (Wildman–Crippen LogP) is 3.42. The van der Waals surface area contributed by atoms with E-state index >= 15 is 0 Å². The van der Waals surface area contributed by atoms with Gasteiger partial charge in [-0.25, -0.2) is 14.6 Å². The monoisotopic (exact) mass is 405 g/mol. The van der Waals surface area contributed by atoms with Crippen molar-refractivity contribution in [3.05, 3.63) is 59.4 Å². The van der Waals surface area contributed by atoms with Crippen molar-refractivity contribution in [2.45, 2.75) is 38.6 Å². The number of aromatic amines is 1. The van der Waals surface area contributed by atoms with Gasteiger partial charge in [0.15, 0.2) is 0 Å². The fourth-order valence-electron chi connectivity index (χ4n) is 3.02. The molecule has 1 atom stereocenters. The van der Waals surface area contributed by atoms with Gasteiger partial charge in [-0.2, -0.15) is 5.26 Å². The number of H-pyrrole nitrogens is 1. The summed E-state index contributed by atoms with van der Waals surface area (Å²) in [5, 5.41) is 11.5. The molecule has 0 radical (unpaired) electrons. The average molecular weight is 405 g/mol. The maximum absolute atomic E-state index is 12.1. The van der Waals surface area contributed by atoms with Gasteiger partial charge in [0.2, 0.25) is 0 Å². The SMILES string of the molecule is CCCCc1nc2ccc(NC(=O)OC(=O)[C@@H](N)Cc3cccc(C#N)c3)cc2[nH]1. The lowest BCUT2D eigenvalue weighted by molar-refractivity contribution is -0.138. The highest BCUT2D eigenvalue weighted by Crippen LogP contribution is 2.18. The van der Waals surface area contributed by atoms with Crippen LogP contribution in [0.25, 0.3) is 11.0 Å². The van der Waals surface area contributed by atoms with E-state index in [9.17, 15) is 9.59 Å². The number of fused-ring (bicyclic) bond motifs is 1. The fraction of sp³-hybridized carbons (Fsp3) is 0.273. The van der Waals surface area contributed by atoms with Crippen LogP contribution in [0.4, 0.5) is 10.5 Å². The molecular weight excluding hydrogens is 382 g/mol. The van der Waals surface area contributed by atoms with Crippen LogP contribution in [0.5, 0.6) is 0 Å². The molecule has 0 saturated carbocycles. The number of nitriles is 1. The number of carbonyl (C=O) groups is 2. The zero-order chi connectivity index (χ0) is 21.5. The van der Waals surface area contributed by atoms with E-state index in [1.54, 1.807) is 42.5 Å². The number of anilines is 1. The number of imidazole rings is 1. The van der Waals surface area contributed by atoms with Gasteiger partial charge in [0.1, 0.15) is 11.9 Å². The fourth-order valence-corrected chi connectivity index (χ4v) is 3.02. The van der Waals surface area contributed by atoms with Crippen LogP contribution < -0.4 is 11.1 Å². The molecule has 3 aromatic rings. The number of hydrogen-bond donors (Lipinski definition) is 3. The summed E-state index contributed by atoms with van der Waals surface area (Å²) in [5.74, 6) is 0.0486. The minimum absolute atomic E-state index is 0.155. The second kappa shape index (κ2) is 9.67. The summed E-state index contributed by atoms with van der Waals surface area (Å²) in [6.45, 7) is 2.12. The molecule has 0 spiro atoms. The molecule has 154 valence electrons. The minimum Gasteiger partial charge on any atom is -0.375 e. The first-order valence-electron chi connectivity index (χ1n) is 9.74. The number of aryl methyl sites for hydroxylation is 1. The zero-order valence-electron chi connectivity index (χ0n) is 16.6. The molecule has 1 amide bonds. The van der Waals surface area contributed by atoms with E-state index in [0.29, 0.717) is 16.8 Å². The lowest BCUT2D eigenvalue weighted by Crippen LogP contribution is -2.36. The smallest absolute Gasteiger partial charge is 0.375 e. The van der Waals surface area contributed by atoms with Crippen LogP contribution in [0.3, 0.4) is 0 Å². The number of unbranched alkanes of at least 4 members (excludes halogenated alkanes) is 1. The number of benzene rings is 2. The Morgan fingerprint density at radius 1 is 1.30 bits per heavy atom. The Hall–Kier alpha value is -3.70. The maximum Gasteiger partial charge on any atom is 0.419 e. The predicted molar refractivity (Wildman–Crippen MR) is 113 cm³/mol. The van der Waals surface area contributed by atoms with Crippen molar-refractivity contribution in [1.82, 2.24) is 9.97 Å². The summed E-state index contributed by atoms with van der Waals surface area (Å²) < 4.78 is 4.81. The normalized spacial score (nSPS) is 11.6. The van der Waals surface area contributed by atoms with Crippen LogP contribution in [0.2, 0.25) is 0 Å². The van der Waals surface area contributed by atoms with Gasteiger partial charge in [-0.15, -0.1) is 0 Å². The summed E-state index contributed by atoms with van der Waals surface area (Å²) in [6.07, 6.45) is 2.23. The number of nitrogens with zero attached hydrogens (tertiary/aromatic N) is 2. The van der Waals surface area contributed by atoms with Crippen LogP contribution >= 0.6 is 0 Å². The van der Waals surface area contributed by atoms with Gasteiger partial charge in [0.25, 0.3) is 0 Å². The van der Waals surface area contributed by atoms with E-state index in [2.05, 4.69) is 22.2 Å². The molecule has 0 bridgehead atoms. The van der Waals surface area contributed by atoms with E-state index in [1.807, 2.05) is 6.07 Å². The van der Waals surface area contributed by atoms with Crippen molar-refractivity contribution in [2.24, 2.45) is 5.73 Å². The summed E-state index contributed by atoms with van der Waals surface area (Å²) in [4.78, 5) is 31.9. The molecule has 1 heterocycles. The third kappa shape index (κ3) is 5.43. The van der Waals surface area contributed by atoms with Crippen molar-refractivity contribution in [2.75, 3.05) is 5.32 Å². The summed E-state index contributed by atoms with van der Waals surface area (Å²) in [7, 11) is 0. The second-order valence-corrected chi connectivity index (χ2v) is 6.98. The Kier molecular flexibility index (Phi) is 6.78. The number of carbonyl (C=O) groups excluding carboxylic acids is 2. The van der Waals surface area contributed by atoms with Gasteiger partial charge in [-0.05, 0) is 48.7 Å². The lowest BCUT2D eigenvalue weighted by Gasteiger charge is -2.11. The van der Waals surface area contributed by atoms with Crippen molar-refractivity contribution in [1.29, 1.82) is 5.26 Å². The minimum atomic E-state index is -1.03. The summed E-state index contributed by atoms with van der Waals surface area (Å²) in [6, 6.07) is 13.0. The molecule has 1 aromatic heterocycles. The van der Waals surface area contributed by atoms with Crippen LogP contribution in [-0.2, 0) is 22.4 Å². The number of hydrogen-bond acceptors (Lipinski definition) is 6. The molecule has 0 unspecified atom stereocenters. The van der Waals surface area contributed by atoms with Crippen LogP contribution in [-0.4, -0.2) is 28.1 Å². The van der Waals surface area contributed by atoms with Gasteiger partial charge in [0.05, 0.1) is 22.7 Å². The molecule has 3 rings (SSSR count). The summed E-state index contributed by atoms with van der Waals surface area (Å²) >= 11 is 0. The number of ether oxygens (including phenoxy) is 1. The third-order valence-corrected chi connectivity index (χ3v) is 4.55. The molecule has 30 heavy (non-hydrogen) atoms. The maximum atomic E-state index is 12.1. The molecule has 0 aliphatic heterocycles. The molecule has 0 saturated heterocycles. The van der Waals surface area contributed by atoms with Gasteiger partial charge < -0.3 is 15.5 Å². The van der Waals surface area contributed by atoms with Crippen molar-refractivity contribution >= 4 is 28.8 Å². The number of nitrogens with two attached hydrogens (primary N) is 1. The number of esters is 1. The quantitative estimate of drug-likeness (QED) is 0.407. The Morgan fingerprint density at radius 2 is 2.13 bits per heavy atom. The molecule has 2 aromatic carbocycles. The second-order valence-electron chi connectivity index (χ2n) is 6.98. The standard InChI is InChI=1S/C22H23N5O3/c1-2-3-7-20-26-18-9-8-16(12-19(18)27-20)25-22(29)30-21(28)17(24)11-14-5-4-6-15(10-14)13-23/h4-6,8-10,12,17H,2-3,7,11,24H2,1H3,(H,25,29)(H,26,27)/t17-/m0/s1. The van der Waals surface area contributed by atoms with E-state index in [0.717, 1.165) is 36.1 Å². The molecule has 8 heteroatoms. The Labute approximate surface area is 174 Å². The Morgan fingerprint density at radius 3 is 2.90 bits per heavy atom. The van der Waals surface area contributed by atoms with Gasteiger partial charge in [-0.3, -0.25) is 5.32 Å². The first-order chi connectivity index (χ1) is 14.5. The van der Waals surface area contributed by atoms with Gasteiger partial charge >= 0.3 is 12.1 Å². The Balaban J connectivity index is 1.57. The van der Waals surface area contributed by atoms with E-state index in [4.69, 9.17) is 15.7 Å². The number of nitrogens with one attached hydrogen (secondary N) is 2. The van der Waals surface area contributed by atoms with Crippen LogP contribution in [0, 0.1) is 11.3 Å². The van der Waals surface area contributed by atoms with Gasteiger partial charge in [-0.1, -0.05) is 25.5 Å². The highest BCUT2D eigenvalue weighted by molar-refractivity contribution is 5.95. The number of amides is 1. The number of rotatable bonds is 7. The average Bonchev–Trinajstić information content (AvgIpc) is 3.14. The van der Waals surface area contributed by atoms with E-state index in [1.165, 1.54) is 0 Å². The van der Waals surface area contributed by atoms with Crippen molar-refractivity contribution in [3.63, 3.8) is 0 Å².